The van der Waals surface area contributed by atoms with Gasteiger partial charge < -0.3 is 29.2 Å². The fraction of sp³-hybridized carbons (Fsp3) is 0.407. The lowest BCUT2D eigenvalue weighted by molar-refractivity contribution is -0.139. The Morgan fingerprint density at radius 1 is 1.03 bits per heavy atom. The fourth-order valence-corrected chi connectivity index (χ4v) is 5.04. The van der Waals surface area contributed by atoms with Gasteiger partial charge in [0.15, 0.2) is 17.3 Å². The van der Waals surface area contributed by atoms with Gasteiger partial charge >= 0.3 is 5.97 Å². The standard InChI is InChI=1S/C27H32N2O6/c1-27(2)13-18-24(20(30)14-27)25(16-11-21(32-3)26(35-6)22(12-16)33-4)29(15-23(31)34-5)19-10-8-7-9-17(19)28-18/h7-12,25,28H,13-15H2,1-6H3. The minimum Gasteiger partial charge on any atom is -0.493 e. The number of Topliss-reactive ketones (excluding diaryl/α,β-unsaturated/α-hetero) is 1. The van der Waals surface area contributed by atoms with E-state index in [1.807, 2.05) is 41.3 Å². The van der Waals surface area contributed by atoms with E-state index in [0.717, 1.165) is 22.6 Å². The van der Waals surface area contributed by atoms with Gasteiger partial charge in [0.05, 0.1) is 45.9 Å². The molecule has 1 unspecified atom stereocenters. The van der Waals surface area contributed by atoms with E-state index in [9.17, 15) is 9.59 Å². The summed E-state index contributed by atoms with van der Waals surface area (Å²) in [5, 5.41) is 3.53. The van der Waals surface area contributed by atoms with E-state index < -0.39 is 12.0 Å². The Kier molecular flexibility index (Phi) is 6.65. The van der Waals surface area contributed by atoms with Crippen LogP contribution in [0.1, 0.15) is 38.3 Å². The number of nitrogens with one attached hydrogen (secondary N) is 1. The Morgan fingerprint density at radius 3 is 2.29 bits per heavy atom. The molecule has 1 atom stereocenters. The van der Waals surface area contributed by atoms with Crippen LogP contribution < -0.4 is 24.4 Å². The number of ketones is 1. The second kappa shape index (κ2) is 9.52. The van der Waals surface area contributed by atoms with Gasteiger partial charge in [-0.1, -0.05) is 26.0 Å². The van der Waals surface area contributed by atoms with E-state index in [2.05, 4.69) is 19.2 Å². The smallest absolute Gasteiger partial charge is 0.325 e. The van der Waals surface area contributed by atoms with Gasteiger partial charge in [0.25, 0.3) is 0 Å². The zero-order chi connectivity index (χ0) is 25.3. The molecule has 8 nitrogen and oxygen atoms in total. The minimum absolute atomic E-state index is 0.0326. The molecule has 0 radical (unpaired) electrons. The van der Waals surface area contributed by atoms with Gasteiger partial charge in [0, 0.05) is 17.7 Å². The van der Waals surface area contributed by atoms with Crippen LogP contribution in [0.2, 0.25) is 0 Å². The van der Waals surface area contributed by atoms with Crippen LogP contribution in [0.25, 0.3) is 0 Å². The van der Waals surface area contributed by atoms with E-state index in [1.54, 1.807) is 21.3 Å². The van der Waals surface area contributed by atoms with Crippen LogP contribution in [0.5, 0.6) is 17.2 Å². The molecule has 1 aliphatic heterocycles. The molecule has 0 fully saturated rings. The molecule has 35 heavy (non-hydrogen) atoms. The highest BCUT2D eigenvalue weighted by atomic mass is 16.5. The summed E-state index contributed by atoms with van der Waals surface area (Å²) in [6, 6.07) is 10.8. The Morgan fingerprint density at radius 2 is 1.69 bits per heavy atom. The van der Waals surface area contributed by atoms with Gasteiger partial charge in [-0.15, -0.1) is 0 Å². The predicted molar refractivity (Wildman–Crippen MR) is 133 cm³/mol. The Balaban J connectivity index is 2.03. The zero-order valence-corrected chi connectivity index (χ0v) is 21.1. The summed E-state index contributed by atoms with van der Waals surface area (Å²) >= 11 is 0. The first kappa shape index (κ1) is 24.4. The Bertz CT molecular complexity index is 1160. The number of nitrogens with zero attached hydrogens (tertiary/aromatic N) is 1. The molecule has 0 bridgehead atoms. The number of hydrogen-bond donors (Lipinski definition) is 1. The first-order valence-electron chi connectivity index (χ1n) is 11.5. The quantitative estimate of drug-likeness (QED) is 0.605. The maximum Gasteiger partial charge on any atom is 0.325 e. The van der Waals surface area contributed by atoms with Gasteiger partial charge in [-0.3, -0.25) is 9.59 Å². The molecular formula is C27H32N2O6. The van der Waals surface area contributed by atoms with Crippen molar-refractivity contribution in [1.29, 1.82) is 0 Å². The van der Waals surface area contributed by atoms with Crippen molar-refractivity contribution in [3.8, 4) is 17.2 Å². The predicted octanol–water partition coefficient (Wildman–Crippen LogP) is 4.50. The van der Waals surface area contributed by atoms with Crippen molar-refractivity contribution in [2.24, 2.45) is 5.41 Å². The average Bonchev–Trinajstić information content (AvgIpc) is 2.96. The van der Waals surface area contributed by atoms with E-state index in [1.165, 1.54) is 7.11 Å². The summed E-state index contributed by atoms with van der Waals surface area (Å²) in [7, 11) is 6.01. The molecule has 4 rings (SSSR count). The number of carbonyl (C=O) groups is 2. The number of para-hydroxylation sites is 2. The first-order valence-corrected chi connectivity index (χ1v) is 11.5. The number of anilines is 2. The molecule has 2 aromatic carbocycles. The summed E-state index contributed by atoms with van der Waals surface area (Å²) in [6.45, 7) is 4.13. The van der Waals surface area contributed by atoms with Crippen LogP contribution in [-0.4, -0.2) is 46.7 Å². The number of rotatable bonds is 6. The number of ether oxygens (including phenoxy) is 4. The second-order valence-electron chi connectivity index (χ2n) is 9.54. The third-order valence-corrected chi connectivity index (χ3v) is 6.53. The summed E-state index contributed by atoms with van der Waals surface area (Å²) in [5.41, 5.74) is 3.63. The second-order valence-corrected chi connectivity index (χ2v) is 9.54. The molecule has 1 aliphatic carbocycles. The van der Waals surface area contributed by atoms with E-state index in [-0.39, 0.29) is 17.7 Å². The molecule has 1 heterocycles. The van der Waals surface area contributed by atoms with Crippen molar-refractivity contribution in [1.82, 2.24) is 0 Å². The van der Waals surface area contributed by atoms with Gasteiger partial charge in [-0.2, -0.15) is 0 Å². The van der Waals surface area contributed by atoms with Crippen LogP contribution in [0, 0.1) is 5.41 Å². The highest BCUT2D eigenvalue weighted by Crippen LogP contribution is 2.50. The number of allylic oxidation sites excluding steroid dienone is 1. The number of carbonyl (C=O) groups excluding carboxylic acids is 2. The number of methoxy groups -OCH3 is 4. The van der Waals surface area contributed by atoms with Crippen LogP contribution in [-0.2, 0) is 14.3 Å². The molecule has 2 aliphatic rings. The average molecular weight is 481 g/mol. The van der Waals surface area contributed by atoms with Crippen LogP contribution in [0.15, 0.2) is 47.7 Å². The number of fused-ring (bicyclic) bond motifs is 1. The lowest BCUT2D eigenvalue weighted by atomic mass is 9.73. The minimum atomic E-state index is -0.586. The molecule has 8 heteroatoms. The topological polar surface area (TPSA) is 86.3 Å². The van der Waals surface area contributed by atoms with E-state index in [4.69, 9.17) is 18.9 Å². The first-order chi connectivity index (χ1) is 16.7. The lowest BCUT2D eigenvalue weighted by Gasteiger charge is -2.37. The van der Waals surface area contributed by atoms with Crippen LogP contribution in [0.3, 0.4) is 0 Å². The summed E-state index contributed by atoms with van der Waals surface area (Å²) < 4.78 is 21.8. The molecule has 0 spiro atoms. The third kappa shape index (κ3) is 4.52. The summed E-state index contributed by atoms with van der Waals surface area (Å²) in [5.74, 6) is 1.01. The van der Waals surface area contributed by atoms with Crippen molar-refractivity contribution in [3.63, 3.8) is 0 Å². The molecule has 0 amide bonds. The Hall–Kier alpha value is -3.68. The van der Waals surface area contributed by atoms with Crippen molar-refractivity contribution >= 4 is 23.1 Å². The monoisotopic (exact) mass is 480 g/mol. The number of benzene rings is 2. The van der Waals surface area contributed by atoms with Crippen molar-refractivity contribution in [3.05, 3.63) is 53.2 Å². The lowest BCUT2D eigenvalue weighted by Crippen LogP contribution is -2.39. The Labute approximate surface area is 205 Å². The normalized spacial score (nSPS) is 18.6. The van der Waals surface area contributed by atoms with Crippen molar-refractivity contribution in [2.75, 3.05) is 45.2 Å². The maximum atomic E-state index is 13.7. The largest absolute Gasteiger partial charge is 0.493 e. The maximum absolute atomic E-state index is 13.7. The molecule has 1 N–H and O–H groups in total. The van der Waals surface area contributed by atoms with Crippen molar-refractivity contribution < 1.29 is 28.5 Å². The third-order valence-electron chi connectivity index (χ3n) is 6.53. The summed E-state index contributed by atoms with van der Waals surface area (Å²) in [4.78, 5) is 28.3. The van der Waals surface area contributed by atoms with Crippen LogP contribution in [0.4, 0.5) is 11.4 Å². The van der Waals surface area contributed by atoms with E-state index >= 15 is 0 Å². The highest BCUT2D eigenvalue weighted by Gasteiger charge is 2.42. The highest BCUT2D eigenvalue weighted by molar-refractivity contribution is 6.01. The molecular weight excluding hydrogens is 448 g/mol. The molecule has 0 aromatic heterocycles. The number of esters is 1. The van der Waals surface area contributed by atoms with Gasteiger partial charge in [0.1, 0.15) is 6.54 Å². The van der Waals surface area contributed by atoms with E-state index in [0.29, 0.717) is 35.7 Å². The molecule has 186 valence electrons. The number of hydrogen-bond acceptors (Lipinski definition) is 8. The van der Waals surface area contributed by atoms with Gasteiger partial charge in [0.2, 0.25) is 5.75 Å². The summed E-state index contributed by atoms with van der Waals surface area (Å²) in [6.07, 6.45) is 1.09. The zero-order valence-electron chi connectivity index (χ0n) is 21.1. The molecule has 0 saturated heterocycles. The van der Waals surface area contributed by atoms with Gasteiger partial charge in [-0.25, -0.2) is 0 Å². The SMILES string of the molecule is COC(=O)CN1c2ccccc2NC2=C(C(=O)CC(C)(C)C2)C1c1cc(OC)c(OC)c(OC)c1. The van der Waals surface area contributed by atoms with Crippen LogP contribution >= 0.6 is 0 Å². The van der Waals surface area contributed by atoms with Crippen molar-refractivity contribution in [2.45, 2.75) is 32.7 Å². The molecule has 2 aromatic rings. The van der Waals surface area contributed by atoms with Gasteiger partial charge in [-0.05, 0) is 41.7 Å². The fourth-order valence-electron chi connectivity index (χ4n) is 5.04. The molecule has 0 saturated carbocycles.